The largest absolute Gasteiger partial charge is 0.497 e. The minimum Gasteiger partial charge on any atom is -0.497 e. The molecular weight excluding hydrogens is 376 g/mol. The van der Waals surface area contributed by atoms with Gasteiger partial charge < -0.3 is 20.1 Å². The predicted octanol–water partition coefficient (Wildman–Crippen LogP) is 4.34. The van der Waals surface area contributed by atoms with Gasteiger partial charge in [0, 0.05) is 16.3 Å². The van der Waals surface area contributed by atoms with E-state index in [9.17, 15) is 9.59 Å². The fourth-order valence-corrected chi connectivity index (χ4v) is 3.56. The molecule has 1 heterocycles. The maximum atomic E-state index is 11.3. The predicted molar refractivity (Wildman–Crippen MR) is 109 cm³/mol. The molecule has 0 saturated heterocycles. The number of carboxylic acid groups (broad SMARTS) is 1. The standard InChI is InChI=1S/C21H20N2O4S/c1-27-17-9-5-14(6-10-17)19-11-7-15(8-12-20(24)25)23(19)16-3-2-4-18(13-16)28-21(22)26/h2-7,9-11,13H,8,12H2,1H3,(H2,22,26)(H,24,25). The normalized spacial score (nSPS) is 10.6. The Morgan fingerprint density at radius 3 is 2.50 bits per heavy atom. The summed E-state index contributed by atoms with van der Waals surface area (Å²) in [6, 6.07) is 19.0. The summed E-state index contributed by atoms with van der Waals surface area (Å²) in [6.45, 7) is 0. The molecule has 0 spiro atoms. The van der Waals surface area contributed by atoms with Crippen LogP contribution in [0.2, 0.25) is 0 Å². The van der Waals surface area contributed by atoms with Crippen LogP contribution in [0.3, 0.4) is 0 Å². The van der Waals surface area contributed by atoms with Crippen LogP contribution in [0, 0.1) is 0 Å². The van der Waals surface area contributed by atoms with Crippen molar-refractivity contribution >= 4 is 23.0 Å². The van der Waals surface area contributed by atoms with E-state index in [4.69, 9.17) is 15.6 Å². The van der Waals surface area contributed by atoms with Crippen LogP contribution in [-0.4, -0.2) is 28.0 Å². The monoisotopic (exact) mass is 396 g/mol. The number of nitrogens with two attached hydrogens (primary N) is 1. The van der Waals surface area contributed by atoms with Gasteiger partial charge in [0.25, 0.3) is 5.24 Å². The lowest BCUT2D eigenvalue weighted by atomic mass is 10.1. The number of hydrogen-bond donors (Lipinski definition) is 2. The molecule has 0 fully saturated rings. The molecule has 0 aliphatic rings. The highest BCUT2D eigenvalue weighted by molar-refractivity contribution is 8.13. The smallest absolute Gasteiger partial charge is 0.303 e. The molecule has 3 N–H and O–H groups in total. The van der Waals surface area contributed by atoms with Crippen LogP contribution >= 0.6 is 11.8 Å². The Morgan fingerprint density at radius 2 is 1.86 bits per heavy atom. The molecule has 7 heteroatoms. The number of carbonyl (C=O) groups is 2. The van der Waals surface area contributed by atoms with E-state index in [2.05, 4.69) is 0 Å². The lowest BCUT2D eigenvalue weighted by molar-refractivity contribution is -0.136. The van der Waals surface area contributed by atoms with E-state index in [1.165, 1.54) is 0 Å². The Hall–Kier alpha value is -3.19. The minimum absolute atomic E-state index is 0.0296. The Labute approximate surface area is 166 Å². The van der Waals surface area contributed by atoms with Crippen LogP contribution < -0.4 is 10.5 Å². The highest BCUT2D eigenvalue weighted by Gasteiger charge is 2.14. The van der Waals surface area contributed by atoms with Crippen LogP contribution in [0.25, 0.3) is 16.9 Å². The summed E-state index contributed by atoms with van der Waals surface area (Å²) in [5.74, 6) is -0.0930. The maximum Gasteiger partial charge on any atom is 0.303 e. The summed E-state index contributed by atoms with van der Waals surface area (Å²) in [5, 5.41) is 8.60. The van der Waals surface area contributed by atoms with Crippen molar-refractivity contribution in [2.45, 2.75) is 17.7 Å². The van der Waals surface area contributed by atoms with E-state index in [0.717, 1.165) is 45.0 Å². The van der Waals surface area contributed by atoms with Crippen molar-refractivity contribution < 1.29 is 19.4 Å². The highest BCUT2D eigenvalue weighted by Crippen LogP contribution is 2.30. The average molecular weight is 396 g/mol. The Kier molecular flexibility index (Phi) is 6.06. The first-order valence-corrected chi connectivity index (χ1v) is 9.44. The first-order chi connectivity index (χ1) is 13.5. The van der Waals surface area contributed by atoms with Crippen LogP contribution in [0.1, 0.15) is 12.1 Å². The lowest BCUT2D eigenvalue weighted by Gasteiger charge is -2.15. The number of thioether (sulfide) groups is 1. The molecule has 2 aromatic carbocycles. The van der Waals surface area contributed by atoms with Crippen LogP contribution in [0.5, 0.6) is 5.75 Å². The third-order valence-corrected chi connectivity index (χ3v) is 4.93. The maximum absolute atomic E-state index is 11.3. The molecule has 3 rings (SSSR count). The molecule has 0 saturated carbocycles. The summed E-state index contributed by atoms with van der Waals surface area (Å²) in [6.07, 6.45) is 0.417. The third-order valence-electron chi connectivity index (χ3n) is 4.24. The van der Waals surface area contributed by atoms with Gasteiger partial charge in [-0.15, -0.1) is 0 Å². The molecule has 3 aromatic rings. The van der Waals surface area contributed by atoms with Gasteiger partial charge in [0.05, 0.1) is 19.2 Å². The number of nitrogens with zero attached hydrogens (tertiary/aromatic N) is 1. The molecular formula is C21H20N2O4S. The van der Waals surface area contributed by atoms with Crippen molar-refractivity contribution in [2.75, 3.05) is 7.11 Å². The second-order valence-electron chi connectivity index (χ2n) is 6.09. The van der Waals surface area contributed by atoms with E-state index in [-0.39, 0.29) is 6.42 Å². The molecule has 6 nitrogen and oxygen atoms in total. The highest BCUT2D eigenvalue weighted by atomic mass is 32.2. The van der Waals surface area contributed by atoms with Gasteiger partial charge in [0.2, 0.25) is 0 Å². The fraction of sp³-hybridized carbons (Fsp3) is 0.143. The van der Waals surface area contributed by atoms with Crippen molar-refractivity contribution in [3.8, 4) is 22.7 Å². The number of carbonyl (C=O) groups excluding carboxylic acids is 1. The van der Waals surface area contributed by atoms with Crippen LogP contribution in [0.4, 0.5) is 4.79 Å². The van der Waals surface area contributed by atoms with Crippen molar-refractivity contribution in [2.24, 2.45) is 5.73 Å². The van der Waals surface area contributed by atoms with Crippen LogP contribution in [-0.2, 0) is 11.2 Å². The second-order valence-corrected chi connectivity index (χ2v) is 7.16. The zero-order valence-corrected chi connectivity index (χ0v) is 16.1. The van der Waals surface area contributed by atoms with E-state index >= 15 is 0 Å². The topological polar surface area (TPSA) is 94.6 Å². The molecule has 1 aromatic heterocycles. The fourth-order valence-electron chi connectivity index (χ4n) is 3.00. The molecule has 0 unspecified atom stereocenters. The summed E-state index contributed by atoms with van der Waals surface area (Å²) >= 11 is 0.955. The quantitative estimate of drug-likeness (QED) is 0.579. The number of aliphatic carboxylic acids is 1. The second kappa shape index (κ2) is 8.67. The molecule has 0 aliphatic carbocycles. The third kappa shape index (κ3) is 4.55. The number of ether oxygens (including phenoxy) is 1. The molecule has 0 atom stereocenters. The minimum atomic E-state index is -0.850. The Balaban J connectivity index is 2.08. The zero-order valence-electron chi connectivity index (χ0n) is 15.3. The van der Waals surface area contributed by atoms with E-state index < -0.39 is 11.2 Å². The van der Waals surface area contributed by atoms with E-state index in [0.29, 0.717) is 6.42 Å². The molecule has 28 heavy (non-hydrogen) atoms. The van der Waals surface area contributed by atoms with Crippen molar-refractivity contribution in [1.29, 1.82) is 0 Å². The lowest BCUT2D eigenvalue weighted by Crippen LogP contribution is -2.06. The first-order valence-electron chi connectivity index (χ1n) is 8.62. The summed E-state index contributed by atoms with van der Waals surface area (Å²) in [7, 11) is 1.61. The number of hydrogen-bond acceptors (Lipinski definition) is 4. The van der Waals surface area contributed by atoms with Gasteiger partial charge in [-0.05, 0) is 78.3 Å². The van der Waals surface area contributed by atoms with Crippen LogP contribution in [0.15, 0.2) is 65.6 Å². The van der Waals surface area contributed by atoms with Gasteiger partial charge in [-0.25, -0.2) is 0 Å². The number of primary amides is 1. The van der Waals surface area contributed by atoms with Crippen molar-refractivity contribution in [3.05, 3.63) is 66.4 Å². The summed E-state index contributed by atoms with van der Waals surface area (Å²) < 4.78 is 7.23. The number of rotatable bonds is 7. The number of aryl methyl sites for hydroxylation is 1. The summed E-state index contributed by atoms with van der Waals surface area (Å²) in [4.78, 5) is 23.1. The zero-order chi connectivity index (χ0) is 20.1. The Bertz CT molecular complexity index is 996. The molecule has 144 valence electrons. The molecule has 0 aliphatic heterocycles. The number of methoxy groups -OCH3 is 1. The van der Waals surface area contributed by atoms with Crippen molar-refractivity contribution in [3.63, 3.8) is 0 Å². The van der Waals surface area contributed by atoms with Gasteiger partial charge in [-0.1, -0.05) is 6.07 Å². The Morgan fingerprint density at radius 1 is 1.11 bits per heavy atom. The summed E-state index contributed by atoms with van der Waals surface area (Å²) in [5.41, 5.74) is 8.89. The number of aromatic nitrogens is 1. The SMILES string of the molecule is COc1ccc(-c2ccc(CCC(=O)O)n2-c2cccc(SC(N)=O)c2)cc1. The van der Waals surface area contributed by atoms with E-state index in [1.807, 2.05) is 65.2 Å². The first kappa shape index (κ1) is 19.6. The molecule has 0 radical (unpaired) electrons. The van der Waals surface area contributed by atoms with Gasteiger partial charge >= 0.3 is 5.97 Å². The van der Waals surface area contributed by atoms with E-state index in [1.54, 1.807) is 7.11 Å². The molecule has 1 amide bonds. The molecule has 0 bridgehead atoms. The van der Waals surface area contributed by atoms with Gasteiger partial charge in [0.15, 0.2) is 0 Å². The number of carboxylic acids is 1. The van der Waals surface area contributed by atoms with Gasteiger partial charge in [-0.2, -0.15) is 0 Å². The van der Waals surface area contributed by atoms with Gasteiger partial charge in [0.1, 0.15) is 5.75 Å². The average Bonchev–Trinajstić information content (AvgIpc) is 3.10. The van der Waals surface area contributed by atoms with Gasteiger partial charge in [-0.3, -0.25) is 9.59 Å². The number of amides is 1. The van der Waals surface area contributed by atoms with Crippen molar-refractivity contribution in [1.82, 2.24) is 4.57 Å². The number of benzene rings is 2.